The van der Waals surface area contributed by atoms with E-state index in [1.807, 2.05) is 6.92 Å². The molecule has 10 heavy (non-hydrogen) atoms. The van der Waals surface area contributed by atoms with Crippen LogP contribution in [0.15, 0.2) is 0 Å². The number of aromatic nitrogens is 2. The van der Waals surface area contributed by atoms with Gasteiger partial charge >= 0.3 is 0 Å². The summed E-state index contributed by atoms with van der Waals surface area (Å²) >= 11 is 1.47. The molecule has 0 aliphatic rings. The second-order valence-electron chi connectivity index (χ2n) is 2.06. The zero-order valence-corrected chi connectivity index (χ0v) is 6.85. The summed E-state index contributed by atoms with van der Waals surface area (Å²) in [5.74, 6) is 0. The Labute approximate surface area is 63.7 Å². The zero-order valence-electron chi connectivity index (χ0n) is 6.03. The van der Waals surface area contributed by atoms with Gasteiger partial charge in [-0.15, -0.1) is 10.2 Å². The third-order valence-electron chi connectivity index (χ3n) is 1.14. The van der Waals surface area contributed by atoms with Crippen molar-refractivity contribution < 1.29 is 5.11 Å². The van der Waals surface area contributed by atoms with Gasteiger partial charge in [0.05, 0.1) is 0 Å². The minimum Gasteiger partial charge on any atom is -0.386 e. The van der Waals surface area contributed by atoms with Crippen molar-refractivity contribution in [2.45, 2.75) is 26.4 Å². The molecule has 1 aromatic heterocycles. The van der Waals surface area contributed by atoms with E-state index in [2.05, 4.69) is 10.2 Å². The Morgan fingerprint density at radius 1 is 1.60 bits per heavy atom. The molecule has 0 aliphatic heterocycles. The number of hydrogen-bond acceptors (Lipinski definition) is 4. The van der Waals surface area contributed by atoms with E-state index in [1.165, 1.54) is 11.3 Å². The average Bonchev–Trinajstić information content (AvgIpc) is 2.34. The maximum Gasteiger partial charge on any atom is 0.145 e. The molecule has 1 N–H and O–H groups in total. The third kappa shape index (κ3) is 1.52. The Bertz CT molecular complexity index is 209. The molecule has 0 aliphatic carbocycles. The molecule has 1 heterocycles. The smallest absolute Gasteiger partial charge is 0.145 e. The predicted octanol–water partition coefficient (Wildman–Crippen LogP) is 1.15. The highest BCUT2D eigenvalue weighted by molar-refractivity contribution is 7.11. The molecule has 0 spiro atoms. The van der Waals surface area contributed by atoms with E-state index in [0.29, 0.717) is 5.01 Å². The van der Waals surface area contributed by atoms with Crippen molar-refractivity contribution in [3.05, 3.63) is 10.0 Å². The summed E-state index contributed by atoms with van der Waals surface area (Å²) in [6, 6.07) is 0. The maximum atomic E-state index is 9.04. The molecule has 1 rings (SSSR count). The number of nitrogens with zero attached hydrogens (tertiary/aromatic N) is 2. The summed E-state index contributed by atoms with van der Waals surface area (Å²) in [4.78, 5) is 0. The largest absolute Gasteiger partial charge is 0.386 e. The van der Waals surface area contributed by atoms with Crippen LogP contribution in [0.4, 0.5) is 0 Å². The number of rotatable bonds is 2. The summed E-state index contributed by atoms with van der Waals surface area (Å²) in [6.07, 6.45) is 0.419. The lowest BCUT2D eigenvalue weighted by molar-refractivity contribution is 0.198. The number of aliphatic hydroxyl groups is 1. The Kier molecular flexibility index (Phi) is 2.34. The molecule has 0 fully saturated rings. The average molecular weight is 158 g/mol. The standard InChI is InChI=1S/C6H10N2OS/c1-3-5-7-8-6(10-5)4(2)9/h4,9H,3H2,1-2H3/t4-/m0/s1. The topological polar surface area (TPSA) is 46.0 Å². The highest BCUT2D eigenvalue weighted by Gasteiger charge is 2.06. The van der Waals surface area contributed by atoms with Gasteiger partial charge in [-0.25, -0.2) is 0 Å². The highest BCUT2D eigenvalue weighted by atomic mass is 32.1. The lowest BCUT2D eigenvalue weighted by Crippen LogP contribution is -1.88. The third-order valence-corrected chi connectivity index (χ3v) is 2.38. The van der Waals surface area contributed by atoms with E-state index in [-0.39, 0.29) is 0 Å². The van der Waals surface area contributed by atoms with Gasteiger partial charge in [-0.2, -0.15) is 0 Å². The highest BCUT2D eigenvalue weighted by Crippen LogP contribution is 2.16. The van der Waals surface area contributed by atoms with E-state index in [4.69, 9.17) is 5.11 Å². The van der Waals surface area contributed by atoms with Gasteiger partial charge in [0.15, 0.2) is 0 Å². The van der Waals surface area contributed by atoms with Crippen molar-refractivity contribution in [1.82, 2.24) is 10.2 Å². The first-order valence-corrected chi connectivity index (χ1v) is 4.06. The number of aliphatic hydroxyl groups excluding tert-OH is 1. The molecule has 1 atom stereocenters. The molecule has 0 unspecified atom stereocenters. The van der Waals surface area contributed by atoms with E-state index < -0.39 is 6.10 Å². The van der Waals surface area contributed by atoms with Crippen LogP contribution in [0.3, 0.4) is 0 Å². The lowest BCUT2D eigenvalue weighted by Gasteiger charge is -1.92. The molecule has 0 saturated heterocycles. The van der Waals surface area contributed by atoms with Crippen molar-refractivity contribution in [3.8, 4) is 0 Å². The number of hydrogen-bond donors (Lipinski definition) is 1. The fraction of sp³-hybridized carbons (Fsp3) is 0.667. The van der Waals surface area contributed by atoms with Crippen LogP contribution in [0.25, 0.3) is 0 Å². The first-order chi connectivity index (χ1) is 4.74. The molecule has 0 aromatic carbocycles. The molecular weight excluding hydrogens is 148 g/mol. The summed E-state index contributed by atoms with van der Waals surface area (Å²) < 4.78 is 0. The van der Waals surface area contributed by atoms with Gasteiger partial charge in [-0.3, -0.25) is 0 Å². The SMILES string of the molecule is CCc1nnc([C@H](C)O)s1. The summed E-state index contributed by atoms with van der Waals surface area (Å²) in [5.41, 5.74) is 0. The monoisotopic (exact) mass is 158 g/mol. The molecule has 0 bridgehead atoms. The van der Waals surface area contributed by atoms with Crippen molar-refractivity contribution >= 4 is 11.3 Å². The van der Waals surface area contributed by atoms with Crippen LogP contribution >= 0.6 is 11.3 Å². The fourth-order valence-corrected chi connectivity index (χ4v) is 1.30. The van der Waals surface area contributed by atoms with E-state index in [0.717, 1.165) is 11.4 Å². The molecule has 0 radical (unpaired) electrons. The van der Waals surface area contributed by atoms with Gasteiger partial charge in [0.2, 0.25) is 0 Å². The molecule has 0 saturated carbocycles. The summed E-state index contributed by atoms with van der Waals surface area (Å²) in [6.45, 7) is 3.71. The minimum absolute atomic E-state index is 0.474. The van der Waals surface area contributed by atoms with Gasteiger partial charge in [-0.05, 0) is 13.3 Å². The van der Waals surface area contributed by atoms with E-state index >= 15 is 0 Å². The molecule has 1 aromatic rings. The van der Waals surface area contributed by atoms with Crippen LogP contribution < -0.4 is 0 Å². The van der Waals surface area contributed by atoms with Crippen LogP contribution in [0.5, 0.6) is 0 Å². The van der Waals surface area contributed by atoms with Crippen LogP contribution in [0, 0.1) is 0 Å². The van der Waals surface area contributed by atoms with Crippen LogP contribution in [0.1, 0.15) is 30.0 Å². The van der Waals surface area contributed by atoms with E-state index in [1.54, 1.807) is 6.92 Å². The van der Waals surface area contributed by atoms with Crippen LogP contribution in [0.2, 0.25) is 0 Å². The predicted molar refractivity (Wildman–Crippen MR) is 39.9 cm³/mol. The number of aryl methyl sites for hydroxylation is 1. The van der Waals surface area contributed by atoms with Gasteiger partial charge in [0, 0.05) is 0 Å². The lowest BCUT2D eigenvalue weighted by atomic mass is 10.4. The first-order valence-electron chi connectivity index (χ1n) is 3.24. The van der Waals surface area contributed by atoms with Crippen LogP contribution in [-0.4, -0.2) is 15.3 Å². The second kappa shape index (κ2) is 3.07. The van der Waals surface area contributed by atoms with Crippen molar-refractivity contribution in [2.75, 3.05) is 0 Å². The van der Waals surface area contributed by atoms with Gasteiger partial charge in [0.25, 0.3) is 0 Å². The van der Waals surface area contributed by atoms with Gasteiger partial charge < -0.3 is 5.11 Å². The van der Waals surface area contributed by atoms with E-state index in [9.17, 15) is 0 Å². The molecule has 3 nitrogen and oxygen atoms in total. The Morgan fingerprint density at radius 2 is 2.30 bits per heavy atom. The van der Waals surface area contributed by atoms with Gasteiger partial charge in [0.1, 0.15) is 16.1 Å². The first kappa shape index (κ1) is 7.63. The normalized spacial score (nSPS) is 13.5. The Balaban J connectivity index is 2.78. The Hall–Kier alpha value is -0.480. The summed E-state index contributed by atoms with van der Waals surface area (Å²) in [5, 5.41) is 18.4. The van der Waals surface area contributed by atoms with Crippen molar-refractivity contribution in [3.63, 3.8) is 0 Å². The minimum atomic E-state index is -0.474. The Morgan fingerprint density at radius 3 is 2.60 bits per heavy atom. The zero-order chi connectivity index (χ0) is 7.56. The van der Waals surface area contributed by atoms with Gasteiger partial charge in [-0.1, -0.05) is 18.3 Å². The van der Waals surface area contributed by atoms with Crippen molar-refractivity contribution in [1.29, 1.82) is 0 Å². The molecule has 4 heteroatoms. The quantitative estimate of drug-likeness (QED) is 0.702. The maximum absolute atomic E-state index is 9.04. The summed E-state index contributed by atoms with van der Waals surface area (Å²) in [7, 11) is 0. The second-order valence-corrected chi connectivity index (χ2v) is 3.16. The molecular formula is C6H10N2OS. The molecule has 56 valence electrons. The van der Waals surface area contributed by atoms with Crippen LogP contribution in [-0.2, 0) is 6.42 Å². The fourth-order valence-electron chi connectivity index (χ4n) is 0.578. The molecule has 0 amide bonds. The van der Waals surface area contributed by atoms with Crippen molar-refractivity contribution in [2.24, 2.45) is 0 Å².